The van der Waals surface area contributed by atoms with E-state index >= 15 is 0 Å². The molecule has 1 saturated heterocycles. The van der Waals surface area contributed by atoms with Crippen molar-refractivity contribution in [3.8, 4) is 0 Å². The molecule has 2 amide bonds. The van der Waals surface area contributed by atoms with Gasteiger partial charge in [-0.15, -0.1) is 11.3 Å². The molecule has 1 fully saturated rings. The Morgan fingerprint density at radius 3 is 2.72 bits per heavy atom. The second kappa shape index (κ2) is 7.78. The van der Waals surface area contributed by atoms with Crippen LogP contribution in [-0.4, -0.2) is 28.2 Å². The van der Waals surface area contributed by atoms with Gasteiger partial charge >= 0.3 is 0 Å². The number of thiazole rings is 1. The number of hydrogen-bond acceptors (Lipinski definition) is 4. The van der Waals surface area contributed by atoms with Gasteiger partial charge in [0.05, 0.1) is 5.69 Å². The summed E-state index contributed by atoms with van der Waals surface area (Å²) in [7, 11) is 0. The van der Waals surface area contributed by atoms with E-state index in [0.717, 1.165) is 29.8 Å². The summed E-state index contributed by atoms with van der Waals surface area (Å²) in [5, 5.41) is 5.38. The van der Waals surface area contributed by atoms with E-state index in [1.54, 1.807) is 0 Å². The SMILES string of the molecule is CC(C)c1csc(C(=O)NCc2ccccc2CN2CCCC2=O)n1. The largest absolute Gasteiger partial charge is 0.346 e. The second-order valence-corrected chi connectivity index (χ2v) is 7.46. The van der Waals surface area contributed by atoms with E-state index in [0.29, 0.717) is 30.4 Å². The Kier molecular flexibility index (Phi) is 5.48. The first-order valence-corrected chi connectivity index (χ1v) is 9.50. The Labute approximate surface area is 152 Å². The van der Waals surface area contributed by atoms with Crippen LogP contribution in [0.1, 0.15) is 59.2 Å². The summed E-state index contributed by atoms with van der Waals surface area (Å²) in [6, 6.07) is 7.94. The lowest BCUT2D eigenvalue weighted by atomic mass is 10.1. The quantitative estimate of drug-likeness (QED) is 0.863. The average molecular weight is 357 g/mol. The van der Waals surface area contributed by atoms with E-state index in [9.17, 15) is 9.59 Å². The highest BCUT2D eigenvalue weighted by atomic mass is 32.1. The van der Waals surface area contributed by atoms with Crippen LogP contribution >= 0.6 is 11.3 Å². The molecule has 25 heavy (non-hydrogen) atoms. The van der Waals surface area contributed by atoms with Crippen molar-refractivity contribution in [1.82, 2.24) is 15.2 Å². The standard InChI is InChI=1S/C19H23N3O2S/c1-13(2)16-12-25-19(21-16)18(24)20-10-14-6-3-4-7-15(14)11-22-9-5-8-17(22)23/h3-4,6-7,12-13H,5,8-11H2,1-2H3,(H,20,24). The fourth-order valence-corrected chi connectivity index (χ4v) is 3.76. The van der Waals surface area contributed by atoms with E-state index in [1.165, 1.54) is 11.3 Å². The molecular formula is C19H23N3O2S. The van der Waals surface area contributed by atoms with Crippen molar-refractivity contribution in [2.75, 3.05) is 6.54 Å². The fraction of sp³-hybridized carbons (Fsp3) is 0.421. The van der Waals surface area contributed by atoms with Crippen LogP contribution < -0.4 is 5.32 Å². The minimum absolute atomic E-state index is 0.149. The molecule has 1 N–H and O–H groups in total. The molecule has 0 atom stereocenters. The number of benzene rings is 1. The molecule has 1 aliphatic heterocycles. The topological polar surface area (TPSA) is 62.3 Å². The van der Waals surface area contributed by atoms with E-state index in [4.69, 9.17) is 0 Å². The smallest absolute Gasteiger partial charge is 0.280 e. The normalized spacial score (nSPS) is 14.4. The molecule has 0 aliphatic carbocycles. The van der Waals surface area contributed by atoms with Crippen LogP contribution in [0.25, 0.3) is 0 Å². The zero-order valence-electron chi connectivity index (χ0n) is 14.6. The molecule has 1 aromatic heterocycles. The van der Waals surface area contributed by atoms with Gasteiger partial charge in [0.15, 0.2) is 5.01 Å². The monoisotopic (exact) mass is 357 g/mol. The number of nitrogens with one attached hydrogen (secondary N) is 1. The van der Waals surface area contributed by atoms with Crippen molar-refractivity contribution >= 4 is 23.2 Å². The number of nitrogens with zero attached hydrogens (tertiary/aromatic N) is 2. The zero-order chi connectivity index (χ0) is 17.8. The maximum Gasteiger partial charge on any atom is 0.280 e. The van der Waals surface area contributed by atoms with Crippen LogP contribution in [-0.2, 0) is 17.9 Å². The second-order valence-electron chi connectivity index (χ2n) is 6.60. The van der Waals surface area contributed by atoms with Crippen LogP contribution in [0.4, 0.5) is 0 Å². The van der Waals surface area contributed by atoms with Crippen molar-refractivity contribution in [2.45, 2.75) is 45.7 Å². The van der Waals surface area contributed by atoms with Gasteiger partial charge in [0.25, 0.3) is 5.91 Å². The molecule has 2 aromatic rings. The summed E-state index contributed by atoms with van der Waals surface area (Å²) < 4.78 is 0. The number of amides is 2. The van der Waals surface area contributed by atoms with Gasteiger partial charge in [-0.3, -0.25) is 9.59 Å². The molecule has 0 bridgehead atoms. The lowest BCUT2D eigenvalue weighted by Gasteiger charge is -2.18. The molecule has 0 saturated carbocycles. The first-order valence-electron chi connectivity index (χ1n) is 8.62. The minimum atomic E-state index is -0.149. The van der Waals surface area contributed by atoms with E-state index < -0.39 is 0 Å². The predicted octanol–water partition coefficient (Wildman–Crippen LogP) is 3.32. The highest BCUT2D eigenvalue weighted by Crippen LogP contribution is 2.19. The average Bonchev–Trinajstić information content (AvgIpc) is 3.24. The zero-order valence-corrected chi connectivity index (χ0v) is 15.4. The molecule has 132 valence electrons. The molecule has 1 aliphatic rings. The van der Waals surface area contributed by atoms with Crippen molar-refractivity contribution in [1.29, 1.82) is 0 Å². The first-order chi connectivity index (χ1) is 12.0. The predicted molar refractivity (Wildman–Crippen MR) is 98.5 cm³/mol. The van der Waals surface area contributed by atoms with Crippen molar-refractivity contribution < 1.29 is 9.59 Å². The number of carbonyl (C=O) groups is 2. The van der Waals surface area contributed by atoms with Gasteiger partial charge in [-0.1, -0.05) is 38.1 Å². The van der Waals surface area contributed by atoms with Gasteiger partial charge in [-0.25, -0.2) is 4.98 Å². The maximum absolute atomic E-state index is 12.3. The van der Waals surface area contributed by atoms with Crippen molar-refractivity contribution in [3.63, 3.8) is 0 Å². The van der Waals surface area contributed by atoms with Crippen LogP contribution in [0.5, 0.6) is 0 Å². The number of aromatic nitrogens is 1. The van der Waals surface area contributed by atoms with Gasteiger partial charge in [0, 0.05) is 31.4 Å². The Bertz CT molecular complexity index is 770. The summed E-state index contributed by atoms with van der Waals surface area (Å²) in [5.74, 6) is 0.378. The third-order valence-corrected chi connectivity index (χ3v) is 5.26. The number of hydrogen-bond donors (Lipinski definition) is 1. The van der Waals surface area contributed by atoms with E-state index in [-0.39, 0.29) is 11.8 Å². The lowest BCUT2D eigenvalue weighted by molar-refractivity contribution is -0.128. The number of rotatable bonds is 6. The number of carbonyl (C=O) groups excluding carboxylic acids is 2. The van der Waals surface area contributed by atoms with Gasteiger partial charge in [0.2, 0.25) is 5.91 Å². The van der Waals surface area contributed by atoms with Gasteiger partial charge in [0.1, 0.15) is 0 Å². The number of likely N-dealkylation sites (tertiary alicyclic amines) is 1. The van der Waals surface area contributed by atoms with Crippen LogP contribution in [0.15, 0.2) is 29.6 Å². The highest BCUT2D eigenvalue weighted by molar-refractivity contribution is 7.11. The van der Waals surface area contributed by atoms with Gasteiger partial charge in [-0.2, -0.15) is 0 Å². The van der Waals surface area contributed by atoms with Crippen LogP contribution in [0.2, 0.25) is 0 Å². The van der Waals surface area contributed by atoms with Crippen LogP contribution in [0.3, 0.4) is 0 Å². The van der Waals surface area contributed by atoms with Gasteiger partial charge in [-0.05, 0) is 23.5 Å². The van der Waals surface area contributed by atoms with Gasteiger partial charge < -0.3 is 10.2 Å². The highest BCUT2D eigenvalue weighted by Gasteiger charge is 2.21. The first kappa shape index (κ1) is 17.6. The summed E-state index contributed by atoms with van der Waals surface area (Å²) in [6.07, 6.45) is 1.57. The van der Waals surface area contributed by atoms with Crippen LogP contribution in [0, 0.1) is 0 Å². The van der Waals surface area contributed by atoms with E-state index in [1.807, 2.05) is 34.5 Å². The summed E-state index contributed by atoms with van der Waals surface area (Å²) in [6.45, 7) is 5.99. The molecule has 0 unspecified atom stereocenters. The molecule has 6 heteroatoms. The molecule has 0 spiro atoms. The molecule has 1 aromatic carbocycles. The molecular weight excluding hydrogens is 334 g/mol. The lowest BCUT2D eigenvalue weighted by Crippen LogP contribution is -2.26. The minimum Gasteiger partial charge on any atom is -0.346 e. The third-order valence-electron chi connectivity index (χ3n) is 4.40. The molecule has 2 heterocycles. The van der Waals surface area contributed by atoms with E-state index in [2.05, 4.69) is 24.1 Å². The Hall–Kier alpha value is -2.21. The fourth-order valence-electron chi connectivity index (χ4n) is 2.87. The summed E-state index contributed by atoms with van der Waals surface area (Å²) in [5.41, 5.74) is 3.07. The summed E-state index contributed by atoms with van der Waals surface area (Å²) >= 11 is 1.38. The Morgan fingerprint density at radius 2 is 2.08 bits per heavy atom. The Balaban J connectivity index is 1.64. The molecule has 5 nitrogen and oxygen atoms in total. The maximum atomic E-state index is 12.3. The third kappa shape index (κ3) is 4.25. The molecule has 0 radical (unpaired) electrons. The molecule has 3 rings (SSSR count). The van der Waals surface area contributed by atoms with Crippen molar-refractivity contribution in [3.05, 3.63) is 51.5 Å². The Morgan fingerprint density at radius 1 is 1.32 bits per heavy atom. The van der Waals surface area contributed by atoms with Crippen molar-refractivity contribution in [2.24, 2.45) is 0 Å². The summed E-state index contributed by atoms with van der Waals surface area (Å²) in [4.78, 5) is 30.5.